The van der Waals surface area contributed by atoms with Crippen LogP contribution >= 0.6 is 0 Å². The number of aromatic nitrogens is 2. The summed E-state index contributed by atoms with van der Waals surface area (Å²) in [5.74, 6) is -1.03. The number of hydrogen-bond donors (Lipinski definition) is 2. The van der Waals surface area contributed by atoms with Gasteiger partial charge in [-0.2, -0.15) is 0 Å². The highest BCUT2D eigenvalue weighted by molar-refractivity contribution is 5.94. The molecule has 3 N–H and O–H groups in total. The van der Waals surface area contributed by atoms with E-state index in [-0.39, 0.29) is 11.3 Å². The highest BCUT2D eigenvalue weighted by Gasteiger charge is 2.11. The number of nitrogen functional groups attached to an aromatic ring is 1. The molecule has 0 spiro atoms. The number of carboxylic acid groups (broad SMARTS) is 1. The summed E-state index contributed by atoms with van der Waals surface area (Å²) in [5, 5.41) is 9.01. The van der Waals surface area contributed by atoms with Crippen LogP contribution in [0.5, 0.6) is 0 Å². The Morgan fingerprint density at radius 2 is 2.12 bits per heavy atom. The first-order valence-corrected chi connectivity index (χ1v) is 5.14. The second kappa shape index (κ2) is 3.93. The van der Waals surface area contributed by atoms with Crippen molar-refractivity contribution in [3.05, 3.63) is 41.5 Å². The van der Waals surface area contributed by atoms with Gasteiger partial charge in [0, 0.05) is 17.1 Å². The number of nitrogens with zero attached hydrogens (tertiary/aromatic N) is 2. The van der Waals surface area contributed by atoms with Crippen LogP contribution in [0, 0.1) is 13.8 Å². The van der Waals surface area contributed by atoms with Gasteiger partial charge < -0.3 is 15.4 Å². The van der Waals surface area contributed by atoms with Gasteiger partial charge in [0.15, 0.2) is 0 Å². The molecule has 5 nitrogen and oxygen atoms in total. The van der Waals surface area contributed by atoms with Crippen molar-refractivity contribution in [3.63, 3.8) is 0 Å². The molecule has 2 aromatic rings. The van der Waals surface area contributed by atoms with E-state index in [0.29, 0.717) is 0 Å². The van der Waals surface area contributed by atoms with E-state index in [2.05, 4.69) is 4.98 Å². The Morgan fingerprint density at radius 1 is 1.41 bits per heavy atom. The molecular formula is C12H13N3O2. The molecule has 0 radical (unpaired) electrons. The van der Waals surface area contributed by atoms with Crippen molar-refractivity contribution in [2.45, 2.75) is 13.8 Å². The van der Waals surface area contributed by atoms with E-state index < -0.39 is 5.97 Å². The van der Waals surface area contributed by atoms with Gasteiger partial charge in [-0.05, 0) is 32.0 Å². The van der Waals surface area contributed by atoms with Crippen LogP contribution in [-0.4, -0.2) is 20.6 Å². The molecule has 17 heavy (non-hydrogen) atoms. The molecule has 0 fully saturated rings. The number of carboxylic acids is 1. The van der Waals surface area contributed by atoms with Crippen molar-refractivity contribution < 1.29 is 9.90 Å². The summed E-state index contributed by atoms with van der Waals surface area (Å²) in [6, 6.07) is 4.91. The lowest BCUT2D eigenvalue weighted by Gasteiger charge is -2.08. The number of anilines is 1. The van der Waals surface area contributed by atoms with Crippen LogP contribution in [0.1, 0.15) is 21.7 Å². The molecule has 5 heteroatoms. The third-order valence-corrected chi connectivity index (χ3v) is 2.80. The molecule has 1 aromatic carbocycles. The predicted molar refractivity (Wildman–Crippen MR) is 64.4 cm³/mol. The summed E-state index contributed by atoms with van der Waals surface area (Å²) < 4.78 is 1.83. The molecule has 1 aromatic heterocycles. The fourth-order valence-electron chi connectivity index (χ4n) is 1.64. The zero-order chi connectivity index (χ0) is 12.6. The number of imidazole rings is 1. The van der Waals surface area contributed by atoms with E-state index in [1.54, 1.807) is 24.5 Å². The maximum atomic E-state index is 11.0. The average Bonchev–Trinajstić information content (AvgIpc) is 2.60. The number of carbonyl (C=O) groups is 1. The molecule has 88 valence electrons. The molecular weight excluding hydrogens is 218 g/mol. The maximum absolute atomic E-state index is 11.0. The number of aromatic carboxylic acids is 1. The molecule has 0 unspecified atom stereocenters. The number of aryl methyl sites for hydroxylation is 1. The third-order valence-electron chi connectivity index (χ3n) is 2.80. The Kier molecular flexibility index (Phi) is 2.59. The van der Waals surface area contributed by atoms with Crippen molar-refractivity contribution >= 4 is 11.7 Å². The van der Waals surface area contributed by atoms with Gasteiger partial charge in [-0.3, -0.25) is 0 Å². The van der Waals surface area contributed by atoms with Crippen LogP contribution in [-0.2, 0) is 0 Å². The van der Waals surface area contributed by atoms with Gasteiger partial charge in [0.2, 0.25) is 0 Å². The zero-order valence-corrected chi connectivity index (χ0v) is 9.64. The fourth-order valence-corrected chi connectivity index (χ4v) is 1.64. The van der Waals surface area contributed by atoms with Crippen LogP contribution in [0.25, 0.3) is 5.69 Å². The molecule has 0 atom stereocenters. The van der Waals surface area contributed by atoms with Crippen molar-refractivity contribution in [3.8, 4) is 5.69 Å². The van der Waals surface area contributed by atoms with E-state index in [1.807, 2.05) is 18.4 Å². The van der Waals surface area contributed by atoms with Crippen molar-refractivity contribution in [2.24, 2.45) is 0 Å². The summed E-state index contributed by atoms with van der Waals surface area (Å²) in [4.78, 5) is 15.2. The van der Waals surface area contributed by atoms with Crippen molar-refractivity contribution in [2.75, 3.05) is 5.73 Å². The minimum atomic E-state index is -1.03. The SMILES string of the molecule is Cc1ncn(-c2ccc(N)c(C(=O)O)c2)c1C. The van der Waals surface area contributed by atoms with Crippen LogP contribution in [0.3, 0.4) is 0 Å². The number of hydrogen-bond acceptors (Lipinski definition) is 3. The summed E-state index contributed by atoms with van der Waals surface area (Å²) in [6.45, 7) is 3.83. The second-order valence-electron chi connectivity index (χ2n) is 3.86. The first-order chi connectivity index (χ1) is 8.00. The lowest BCUT2D eigenvalue weighted by Crippen LogP contribution is -2.04. The highest BCUT2D eigenvalue weighted by Crippen LogP contribution is 2.19. The molecule has 0 aliphatic rings. The van der Waals surface area contributed by atoms with E-state index in [1.165, 1.54) is 0 Å². The average molecular weight is 231 g/mol. The lowest BCUT2D eigenvalue weighted by molar-refractivity contribution is 0.0698. The Hall–Kier alpha value is -2.30. The molecule has 2 rings (SSSR count). The summed E-state index contributed by atoms with van der Waals surface area (Å²) in [7, 11) is 0. The first-order valence-electron chi connectivity index (χ1n) is 5.14. The van der Waals surface area contributed by atoms with Gasteiger partial charge in [-0.25, -0.2) is 9.78 Å². The van der Waals surface area contributed by atoms with Crippen molar-refractivity contribution in [1.82, 2.24) is 9.55 Å². The summed E-state index contributed by atoms with van der Waals surface area (Å²) >= 11 is 0. The fraction of sp³-hybridized carbons (Fsp3) is 0.167. The number of nitrogens with two attached hydrogens (primary N) is 1. The van der Waals surface area contributed by atoms with Gasteiger partial charge in [-0.1, -0.05) is 0 Å². The van der Waals surface area contributed by atoms with E-state index in [9.17, 15) is 4.79 Å². The van der Waals surface area contributed by atoms with Crippen LogP contribution in [0.4, 0.5) is 5.69 Å². The topological polar surface area (TPSA) is 81.1 Å². The minimum absolute atomic E-state index is 0.105. The van der Waals surface area contributed by atoms with Crippen LogP contribution in [0.2, 0.25) is 0 Å². The maximum Gasteiger partial charge on any atom is 0.337 e. The standard InChI is InChI=1S/C12H13N3O2/c1-7-8(2)15(6-14-7)9-3-4-11(13)10(5-9)12(16)17/h3-6H,13H2,1-2H3,(H,16,17). The van der Waals surface area contributed by atoms with Crippen molar-refractivity contribution in [1.29, 1.82) is 0 Å². The monoisotopic (exact) mass is 231 g/mol. The summed E-state index contributed by atoms with van der Waals surface area (Å²) in [5.41, 5.74) is 8.61. The lowest BCUT2D eigenvalue weighted by atomic mass is 10.1. The zero-order valence-electron chi connectivity index (χ0n) is 9.64. The largest absolute Gasteiger partial charge is 0.478 e. The molecule has 0 amide bonds. The molecule has 0 bridgehead atoms. The number of rotatable bonds is 2. The summed E-state index contributed by atoms with van der Waals surface area (Å²) in [6.07, 6.45) is 1.67. The molecule has 0 aliphatic carbocycles. The van der Waals surface area contributed by atoms with E-state index in [4.69, 9.17) is 10.8 Å². The molecule has 0 saturated carbocycles. The Bertz CT molecular complexity index is 587. The molecule has 0 aliphatic heterocycles. The Balaban J connectivity index is 2.58. The van der Waals surface area contributed by atoms with Gasteiger partial charge in [0.1, 0.15) is 0 Å². The second-order valence-corrected chi connectivity index (χ2v) is 3.86. The third kappa shape index (κ3) is 1.87. The Labute approximate surface area is 98.5 Å². The smallest absolute Gasteiger partial charge is 0.337 e. The van der Waals surface area contributed by atoms with Gasteiger partial charge >= 0.3 is 5.97 Å². The quantitative estimate of drug-likeness (QED) is 0.772. The highest BCUT2D eigenvalue weighted by atomic mass is 16.4. The van der Waals surface area contributed by atoms with Crippen LogP contribution < -0.4 is 5.73 Å². The normalized spacial score (nSPS) is 10.5. The van der Waals surface area contributed by atoms with E-state index >= 15 is 0 Å². The predicted octanol–water partition coefficient (Wildman–Crippen LogP) is 1.77. The van der Waals surface area contributed by atoms with E-state index in [0.717, 1.165) is 17.1 Å². The van der Waals surface area contributed by atoms with Gasteiger partial charge in [-0.15, -0.1) is 0 Å². The first kappa shape index (κ1) is 11.2. The Morgan fingerprint density at radius 3 is 2.65 bits per heavy atom. The van der Waals surface area contributed by atoms with Crippen LogP contribution in [0.15, 0.2) is 24.5 Å². The van der Waals surface area contributed by atoms with Gasteiger partial charge in [0.05, 0.1) is 17.6 Å². The minimum Gasteiger partial charge on any atom is -0.478 e. The molecule has 1 heterocycles. The molecule has 0 saturated heterocycles. The number of benzene rings is 1. The van der Waals surface area contributed by atoms with Gasteiger partial charge in [0.25, 0.3) is 0 Å².